The monoisotopic (exact) mass is 223 g/mol. The number of aliphatic hydroxyl groups excluding tert-OH is 1. The molecule has 1 rings (SSSR count). The average Bonchev–Trinajstić information content (AvgIpc) is 2.28. The standard InChI is InChI=1S/C12H21N3O/c1-3-4-5-15(6-7-16)12-8-10(2)11(13)9-14-12/h8-9,16H,3-7,13H2,1-2H3. The van der Waals surface area contributed by atoms with Crippen LogP contribution in [0.15, 0.2) is 12.3 Å². The van der Waals surface area contributed by atoms with Gasteiger partial charge >= 0.3 is 0 Å². The van der Waals surface area contributed by atoms with Crippen molar-refractivity contribution < 1.29 is 5.11 Å². The Kier molecular flexibility index (Phi) is 5.05. The smallest absolute Gasteiger partial charge is 0.128 e. The summed E-state index contributed by atoms with van der Waals surface area (Å²) in [4.78, 5) is 6.39. The number of nitrogens with zero attached hydrogens (tertiary/aromatic N) is 2. The largest absolute Gasteiger partial charge is 0.397 e. The third kappa shape index (κ3) is 3.38. The number of aliphatic hydroxyl groups is 1. The van der Waals surface area contributed by atoms with Crippen LogP contribution in [-0.4, -0.2) is 29.8 Å². The highest BCUT2D eigenvalue weighted by Gasteiger charge is 2.07. The second-order valence-corrected chi connectivity index (χ2v) is 3.96. The molecule has 0 aliphatic rings. The normalized spacial score (nSPS) is 10.4. The molecule has 1 aromatic rings. The van der Waals surface area contributed by atoms with E-state index in [2.05, 4.69) is 16.8 Å². The summed E-state index contributed by atoms with van der Waals surface area (Å²) in [6, 6.07) is 1.97. The Morgan fingerprint density at radius 1 is 1.44 bits per heavy atom. The summed E-state index contributed by atoms with van der Waals surface area (Å²) in [7, 11) is 0. The average molecular weight is 223 g/mol. The first-order valence-electron chi connectivity index (χ1n) is 5.77. The summed E-state index contributed by atoms with van der Waals surface area (Å²) in [6.45, 7) is 5.81. The van der Waals surface area contributed by atoms with E-state index < -0.39 is 0 Å². The van der Waals surface area contributed by atoms with Crippen molar-refractivity contribution in [2.75, 3.05) is 30.3 Å². The summed E-state index contributed by atoms with van der Waals surface area (Å²) in [6.07, 6.45) is 3.92. The second-order valence-electron chi connectivity index (χ2n) is 3.96. The molecule has 1 heterocycles. The maximum Gasteiger partial charge on any atom is 0.128 e. The highest BCUT2D eigenvalue weighted by atomic mass is 16.3. The highest BCUT2D eigenvalue weighted by molar-refractivity contribution is 5.52. The molecule has 0 aliphatic carbocycles. The fourth-order valence-corrected chi connectivity index (χ4v) is 1.54. The van der Waals surface area contributed by atoms with Crippen LogP contribution in [0.1, 0.15) is 25.3 Å². The molecule has 0 aliphatic heterocycles. The third-order valence-electron chi connectivity index (χ3n) is 2.61. The van der Waals surface area contributed by atoms with E-state index in [0.29, 0.717) is 12.2 Å². The van der Waals surface area contributed by atoms with Crippen molar-refractivity contribution in [2.24, 2.45) is 0 Å². The number of aryl methyl sites for hydroxylation is 1. The third-order valence-corrected chi connectivity index (χ3v) is 2.61. The molecule has 0 unspecified atom stereocenters. The number of unbranched alkanes of at least 4 members (excludes halogenated alkanes) is 1. The van der Waals surface area contributed by atoms with Crippen LogP contribution >= 0.6 is 0 Å². The fraction of sp³-hybridized carbons (Fsp3) is 0.583. The van der Waals surface area contributed by atoms with E-state index in [1.807, 2.05) is 13.0 Å². The lowest BCUT2D eigenvalue weighted by atomic mass is 10.2. The minimum atomic E-state index is 0.148. The fourth-order valence-electron chi connectivity index (χ4n) is 1.54. The zero-order valence-electron chi connectivity index (χ0n) is 10.1. The number of aromatic nitrogens is 1. The number of pyridine rings is 1. The predicted molar refractivity (Wildman–Crippen MR) is 67.6 cm³/mol. The Hall–Kier alpha value is -1.29. The van der Waals surface area contributed by atoms with Gasteiger partial charge in [-0.1, -0.05) is 13.3 Å². The van der Waals surface area contributed by atoms with Crippen LogP contribution < -0.4 is 10.6 Å². The van der Waals surface area contributed by atoms with Crippen molar-refractivity contribution in [1.82, 2.24) is 4.98 Å². The summed E-state index contributed by atoms with van der Waals surface area (Å²) in [5.74, 6) is 0.897. The quantitative estimate of drug-likeness (QED) is 0.768. The first-order chi connectivity index (χ1) is 7.69. The lowest BCUT2D eigenvalue weighted by Gasteiger charge is -2.23. The summed E-state index contributed by atoms with van der Waals surface area (Å²) in [5, 5.41) is 9.03. The Labute approximate surface area is 97.1 Å². The summed E-state index contributed by atoms with van der Waals surface area (Å²) in [5.41, 5.74) is 7.48. The highest BCUT2D eigenvalue weighted by Crippen LogP contribution is 2.17. The minimum absolute atomic E-state index is 0.148. The molecule has 0 atom stereocenters. The molecule has 3 N–H and O–H groups in total. The van der Waals surface area contributed by atoms with E-state index in [-0.39, 0.29) is 6.61 Å². The number of rotatable bonds is 6. The maximum atomic E-state index is 9.03. The van der Waals surface area contributed by atoms with Gasteiger partial charge in [-0.3, -0.25) is 0 Å². The van der Waals surface area contributed by atoms with Crippen LogP contribution in [-0.2, 0) is 0 Å². The Morgan fingerprint density at radius 2 is 2.19 bits per heavy atom. The van der Waals surface area contributed by atoms with E-state index in [1.54, 1.807) is 6.20 Å². The molecule has 0 spiro atoms. The molecule has 16 heavy (non-hydrogen) atoms. The van der Waals surface area contributed by atoms with Gasteiger partial charge in [0.15, 0.2) is 0 Å². The predicted octanol–water partition coefficient (Wildman–Crippen LogP) is 1.57. The SMILES string of the molecule is CCCCN(CCO)c1cc(C)c(N)cn1. The van der Waals surface area contributed by atoms with Gasteiger partial charge in [-0.15, -0.1) is 0 Å². The van der Waals surface area contributed by atoms with Gasteiger partial charge in [-0.25, -0.2) is 4.98 Å². The summed E-state index contributed by atoms with van der Waals surface area (Å²) >= 11 is 0. The van der Waals surface area contributed by atoms with Crippen LogP contribution in [0, 0.1) is 6.92 Å². The summed E-state index contributed by atoms with van der Waals surface area (Å²) < 4.78 is 0. The van der Waals surface area contributed by atoms with Gasteiger partial charge in [0.1, 0.15) is 5.82 Å². The van der Waals surface area contributed by atoms with Gasteiger partial charge < -0.3 is 15.7 Å². The lowest BCUT2D eigenvalue weighted by Crippen LogP contribution is -2.28. The molecule has 90 valence electrons. The number of hydrogen-bond acceptors (Lipinski definition) is 4. The van der Waals surface area contributed by atoms with Crippen molar-refractivity contribution in [3.63, 3.8) is 0 Å². The molecule has 4 heteroatoms. The molecular formula is C12H21N3O. The first kappa shape index (κ1) is 12.8. The number of nitrogens with two attached hydrogens (primary N) is 1. The van der Waals surface area contributed by atoms with Crippen molar-refractivity contribution in [1.29, 1.82) is 0 Å². The van der Waals surface area contributed by atoms with Crippen LogP contribution in [0.3, 0.4) is 0 Å². The van der Waals surface area contributed by atoms with Gasteiger partial charge in [-0.2, -0.15) is 0 Å². The molecule has 1 aromatic heterocycles. The molecule has 0 saturated heterocycles. The Bertz CT molecular complexity index is 328. The molecule has 0 aromatic carbocycles. The molecule has 0 radical (unpaired) electrons. The maximum absolute atomic E-state index is 9.03. The minimum Gasteiger partial charge on any atom is -0.397 e. The number of anilines is 2. The van der Waals surface area contributed by atoms with Crippen LogP contribution in [0.25, 0.3) is 0 Å². The molecular weight excluding hydrogens is 202 g/mol. The van der Waals surface area contributed by atoms with E-state index in [4.69, 9.17) is 10.8 Å². The van der Waals surface area contributed by atoms with Crippen molar-refractivity contribution >= 4 is 11.5 Å². The second kappa shape index (κ2) is 6.33. The molecule has 4 nitrogen and oxygen atoms in total. The van der Waals surface area contributed by atoms with Gasteiger partial charge in [0.05, 0.1) is 18.5 Å². The molecule has 0 fully saturated rings. The van der Waals surface area contributed by atoms with Gasteiger partial charge in [0.2, 0.25) is 0 Å². The Morgan fingerprint density at radius 3 is 2.75 bits per heavy atom. The van der Waals surface area contributed by atoms with Gasteiger partial charge in [-0.05, 0) is 25.0 Å². The number of nitrogen functional groups attached to an aromatic ring is 1. The van der Waals surface area contributed by atoms with Crippen LogP contribution in [0.2, 0.25) is 0 Å². The van der Waals surface area contributed by atoms with Crippen molar-refractivity contribution in [2.45, 2.75) is 26.7 Å². The molecule has 0 bridgehead atoms. The van der Waals surface area contributed by atoms with E-state index >= 15 is 0 Å². The molecule has 0 saturated carbocycles. The van der Waals surface area contributed by atoms with Crippen LogP contribution in [0.4, 0.5) is 11.5 Å². The van der Waals surface area contributed by atoms with E-state index in [9.17, 15) is 0 Å². The van der Waals surface area contributed by atoms with E-state index in [1.165, 1.54) is 0 Å². The Balaban J connectivity index is 2.78. The van der Waals surface area contributed by atoms with E-state index in [0.717, 1.165) is 30.8 Å². The zero-order chi connectivity index (χ0) is 12.0. The number of hydrogen-bond donors (Lipinski definition) is 2. The topological polar surface area (TPSA) is 62.4 Å². The van der Waals surface area contributed by atoms with Gasteiger partial charge in [0, 0.05) is 13.1 Å². The lowest BCUT2D eigenvalue weighted by molar-refractivity contribution is 0.301. The van der Waals surface area contributed by atoms with Crippen molar-refractivity contribution in [3.05, 3.63) is 17.8 Å². The van der Waals surface area contributed by atoms with Gasteiger partial charge in [0.25, 0.3) is 0 Å². The first-order valence-corrected chi connectivity index (χ1v) is 5.77. The van der Waals surface area contributed by atoms with Crippen molar-refractivity contribution in [3.8, 4) is 0 Å². The zero-order valence-corrected chi connectivity index (χ0v) is 10.1. The molecule has 0 amide bonds. The van der Waals surface area contributed by atoms with Crippen LogP contribution in [0.5, 0.6) is 0 Å².